The molecule has 1 aromatic carbocycles. The third-order valence-corrected chi connectivity index (χ3v) is 5.80. The molecule has 4 rings (SSSR count). The quantitative estimate of drug-likeness (QED) is 0.850. The number of nitrogens with zero attached hydrogens (tertiary/aromatic N) is 2. The van der Waals surface area contributed by atoms with E-state index in [1.165, 1.54) is 23.1 Å². The van der Waals surface area contributed by atoms with Gasteiger partial charge in [0.15, 0.2) is 0 Å². The van der Waals surface area contributed by atoms with Gasteiger partial charge in [0.1, 0.15) is 17.6 Å². The molecule has 144 valence electrons. The van der Waals surface area contributed by atoms with E-state index in [1.54, 1.807) is 7.11 Å². The van der Waals surface area contributed by atoms with E-state index in [-0.39, 0.29) is 6.10 Å². The van der Waals surface area contributed by atoms with Crippen molar-refractivity contribution in [2.45, 2.75) is 38.5 Å². The van der Waals surface area contributed by atoms with Gasteiger partial charge in [0.2, 0.25) is 0 Å². The highest BCUT2D eigenvalue weighted by atomic mass is 16.5. The topological polar surface area (TPSA) is 46.6 Å². The number of nitrogens with one attached hydrogen (secondary N) is 1. The first-order chi connectivity index (χ1) is 13.2. The van der Waals surface area contributed by atoms with Crippen molar-refractivity contribution < 1.29 is 9.47 Å². The van der Waals surface area contributed by atoms with Crippen LogP contribution in [0.4, 0.5) is 0 Å². The molecule has 1 N–H and O–H groups in total. The lowest BCUT2D eigenvalue weighted by Crippen LogP contribution is -2.28. The predicted molar refractivity (Wildman–Crippen MR) is 106 cm³/mol. The Bertz CT molecular complexity index is 781. The minimum absolute atomic E-state index is 0.240. The highest BCUT2D eigenvalue weighted by molar-refractivity contribution is 5.49. The molecular weight excluding hydrogens is 338 g/mol. The summed E-state index contributed by atoms with van der Waals surface area (Å²) >= 11 is 0. The van der Waals surface area contributed by atoms with E-state index in [0.29, 0.717) is 12.0 Å². The van der Waals surface area contributed by atoms with Crippen LogP contribution in [0.15, 0.2) is 36.7 Å². The van der Waals surface area contributed by atoms with Crippen LogP contribution in [0.1, 0.15) is 36.1 Å². The first kappa shape index (κ1) is 18.3. The zero-order valence-electron chi connectivity index (χ0n) is 16.4. The van der Waals surface area contributed by atoms with Crippen molar-refractivity contribution in [3.8, 4) is 11.5 Å². The summed E-state index contributed by atoms with van der Waals surface area (Å²) in [7, 11) is 3.94. The molecular formula is C22H29N3O2. The van der Waals surface area contributed by atoms with Crippen molar-refractivity contribution in [3.05, 3.63) is 53.3 Å². The average molecular weight is 367 g/mol. The van der Waals surface area contributed by atoms with Crippen LogP contribution in [0.2, 0.25) is 0 Å². The van der Waals surface area contributed by atoms with E-state index in [4.69, 9.17) is 9.47 Å². The molecule has 2 aromatic rings. The Labute approximate surface area is 161 Å². The van der Waals surface area contributed by atoms with Gasteiger partial charge in [-0.05, 0) is 56.6 Å². The Morgan fingerprint density at radius 1 is 1.37 bits per heavy atom. The number of benzene rings is 1. The minimum atomic E-state index is 0.240. The number of hydrogen-bond donors (Lipinski definition) is 1. The van der Waals surface area contributed by atoms with Gasteiger partial charge in [0.05, 0.1) is 7.11 Å². The summed E-state index contributed by atoms with van der Waals surface area (Å²) in [5, 5.41) is 3.68. The summed E-state index contributed by atoms with van der Waals surface area (Å²) in [6.45, 7) is 5.02. The van der Waals surface area contributed by atoms with Crippen LogP contribution in [0.3, 0.4) is 0 Å². The van der Waals surface area contributed by atoms with Crippen molar-refractivity contribution in [3.63, 3.8) is 0 Å². The van der Waals surface area contributed by atoms with Crippen molar-refractivity contribution in [1.29, 1.82) is 0 Å². The maximum absolute atomic E-state index is 6.06. The second-order valence-corrected chi connectivity index (χ2v) is 7.80. The highest BCUT2D eigenvalue weighted by Crippen LogP contribution is 2.37. The molecule has 27 heavy (non-hydrogen) atoms. The number of methoxy groups -OCH3 is 1. The van der Waals surface area contributed by atoms with E-state index in [0.717, 1.165) is 37.6 Å². The second-order valence-electron chi connectivity index (χ2n) is 7.80. The largest absolute Gasteiger partial charge is 0.497 e. The molecule has 0 unspecified atom stereocenters. The Balaban J connectivity index is 1.44. The fourth-order valence-corrected chi connectivity index (χ4v) is 4.54. The zero-order chi connectivity index (χ0) is 18.8. The Morgan fingerprint density at radius 3 is 3.04 bits per heavy atom. The lowest BCUT2D eigenvalue weighted by Gasteiger charge is -2.25. The van der Waals surface area contributed by atoms with Crippen LogP contribution < -0.4 is 14.8 Å². The summed E-state index contributed by atoms with van der Waals surface area (Å²) in [5.41, 5.74) is 3.76. The van der Waals surface area contributed by atoms with Crippen molar-refractivity contribution in [2.24, 2.45) is 5.92 Å². The lowest BCUT2D eigenvalue weighted by molar-refractivity contribution is 0.251. The molecule has 0 amide bonds. The van der Waals surface area contributed by atoms with Crippen LogP contribution in [0.5, 0.6) is 11.5 Å². The van der Waals surface area contributed by atoms with E-state index in [9.17, 15) is 0 Å². The average Bonchev–Trinajstić information content (AvgIpc) is 3.24. The third-order valence-electron chi connectivity index (χ3n) is 5.80. The molecule has 1 aromatic heterocycles. The van der Waals surface area contributed by atoms with E-state index in [2.05, 4.69) is 47.4 Å². The number of fused-ring (bicyclic) bond motifs is 1. The van der Waals surface area contributed by atoms with Gasteiger partial charge in [-0.15, -0.1) is 0 Å². The summed E-state index contributed by atoms with van der Waals surface area (Å²) in [4.78, 5) is 6.76. The Hall–Kier alpha value is -2.11. The maximum Gasteiger partial charge on any atom is 0.127 e. The predicted octanol–water partition coefficient (Wildman–Crippen LogP) is 3.20. The first-order valence-electron chi connectivity index (χ1n) is 9.83. The molecule has 5 heteroatoms. The molecule has 5 nitrogen and oxygen atoms in total. The van der Waals surface area contributed by atoms with Crippen LogP contribution in [-0.2, 0) is 13.0 Å². The zero-order valence-corrected chi connectivity index (χ0v) is 16.4. The standard InChI is InChI=1S/C22H29N3O2/c1-15-9-18-10-20(26-3)11-19(22(18)27-15)14-24-13-17-6-8-25(2)21(17)16-5-4-7-23-12-16/h4-5,7,10-12,15,17,21,24H,6,8-9,13-14H2,1-3H3/t15-,17+,21+/m1/s1. The molecule has 1 fully saturated rings. The number of aromatic nitrogens is 1. The molecule has 0 saturated carbocycles. The lowest BCUT2D eigenvalue weighted by atomic mass is 9.94. The monoisotopic (exact) mass is 367 g/mol. The van der Waals surface area contributed by atoms with Crippen LogP contribution in [-0.4, -0.2) is 43.2 Å². The van der Waals surface area contributed by atoms with E-state index < -0.39 is 0 Å². The van der Waals surface area contributed by atoms with Gasteiger partial charge in [0, 0.05) is 49.1 Å². The van der Waals surface area contributed by atoms with Gasteiger partial charge >= 0.3 is 0 Å². The van der Waals surface area contributed by atoms with E-state index in [1.807, 2.05) is 18.5 Å². The SMILES string of the molecule is COc1cc(CNC[C@@H]2CCN(C)[C@H]2c2cccnc2)c2c(c1)C[C@@H](C)O2. The number of ether oxygens (including phenoxy) is 2. The normalized spacial score (nSPS) is 24.6. The van der Waals surface area contributed by atoms with E-state index >= 15 is 0 Å². The van der Waals surface area contributed by atoms with Crippen molar-refractivity contribution >= 4 is 0 Å². The van der Waals surface area contributed by atoms with Gasteiger partial charge in [-0.1, -0.05) is 6.07 Å². The molecule has 0 bridgehead atoms. The first-order valence-corrected chi connectivity index (χ1v) is 9.83. The molecule has 2 aliphatic rings. The fraction of sp³-hybridized carbons (Fsp3) is 0.500. The number of hydrogen-bond acceptors (Lipinski definition) is 5. The Kier molecular flexibility index (Phi) is 5.32. The number of rotatable bonds is 6. The highest BCUT2D eigenvalue weighted by Gasteiger charge is 2.33. The molecule has 0 radical (unpaired) electrons. The number of likely N-dealkylation sites (tertiary alicyclic amines) is 1. The van der Waals surface area contributed by atoms with Gasteiger partial charge in [-0.3, -0.25) is 9.88 Å². The van der Waals surface area contributed by atoms with Crippen molar-refractivity contribution in [2.75, 3.05) is 27.2 Å². The third kappa shape index (κ3) is 3.80. The molecule has 0 spiro atoms. The maximum atomic E-state index is 6.06. The molecule has 1 saturated heterocycles. The minimum Gasteiger partial charge on any atom is -0.497 e. The summed E-state index contributed by atoms with van der Waals surface area (Å²) in [6, 6.07) is 8.86. The fourth-order valence-electron chi connectivity index (χ4n) is 4.54. The molecule has 2 aliphatic heterocycles. The summed E-state index contributed by atoms with van der Waals surface area (Å²) in [6.07, 6.45) is 6.24. The van der Waals surface area contributed by atoms with Crippen LogP contribution in [0, 0.1) is 5.92 Å². The summed E-state index contributed by atoms with van der Waals surface area (Å²) in [5.74, 6) is 2.54. The van der Waals surface area contributed by atoms with Gasteiger partial charge in [-0.25, -0.2) is 0 Å². The number of pyridine rings is 1. The van der Waals surface area contributed by atoms with Gasteiger partial charge in [0.25, 0.3) is 0 Å². The molecule has 3 heterocycles. The Morgan fingerprint density at radius 2 is 2.26 bits per heavy atom. The smallest absolute Gasteiger partial charge is 0.127 e. The van der Waals surface area contributed by atoms with Crippen molar-refractivity contribution in [1.82, 2.24) is 15.2 Å². The summed E-state index contributed by atoms with van der Waals surface area (Å²) < 4.78 is 11.5. The second kappa shape index (κ2) is 7.87. The molecule has 3 atom stereocenters. The van der Waals surface area contributed by atoms with Gasteiger partial charge < -0.3 is 14.8 Å². The van der Waals surface area contributed by atoms with Gasteiger partial charge in [-0.2, -0.15) is 0 Å². The van der Waals surface area contributed by atoms with Crippen LogP contribution >= 0.6 is 0 Å². The molecule has 0 aliphatic carbocycles. The van der Waals surface area contributed by atoms with Crippen LogP contribution in [0.25, 0.3) is 0 Å².